The van der Waals surface area contributed by atoms with Gasteiger partial charge in [0.15, 0.2) is 5.52 Å². The van der Waals surface area contributed by atoms with Crippen LogP contribution < -0.4 is 4.90 Å². The van der Waals surface area contributed by atoms with E-state index in [1.54, 1.807) is 0 Å². The number of likely N-dealkylation sites (tertiary alicyclic amines) is 1. The minimum absolute atomic E-state index is 0.406. The molecule has 5 rings (SSSR count). The molecule has 8 heteroatoms. The third kappa shape index (κ3) is 3.22. The molecule has 0 radical (unpaired) electrons. The van der Waals surface area contributed by atoms with Crippen molar-refractivity contribution in [3.63, 3.8) is 0 Å². The first-order valence-electron chi connectivity index (χ1n) is 10.1. The normalized spacial score (nSPS) is 21.2. The van der Waals surface area contributed by atoms with Crippen molar-refractivity contribution < 1.29 is 14.5 Å². The third-order valence-electron chi connectivity index (χ3n) is 6.15. The Morgan fingerprint density at radius 2 is 2.00 bits per heavy atom. The fourth-order valence-electron chi connectivity index (χ4n) is 4.63. The van der Waals surface area contributed by atoms with Gasteiger partial charge in [0.2, 0.25) is 0 Å². The number of aromatic nitrogens is 2. The van der Waals surface area contributed by atoms with E-state index in [1.807, 2.05) is 6.07 Å². The lowest BCUT2D eigenvalue weighted by Crippen LogP contribution is -2.51. The summed E-state index contributed by atoms with van der Waals surface area (Å²) in [4.78, 5) is 17.7. The van der Waals surface area contributed by atoms with Crippen molar-refractivity contribution >= 4 is 28.4 Å². The molecule has 1 amide bonds. The van der Waals surface area contributed by atoms with Gasteiger partial charge in [0.1, 0.15) is 5.52 Å². The van der Waals surface area contributed by atoms with E-state index >= 15 is 0 Å². The quantitative estimate of drug-likeness (QED) is 0.868. The molecule has 2 fully saturated rings. The van der Waals surface area contributed by atoms with E-state index in [4.69, 9.17) is 4.63 Å². The molecular formula is C20H25N5O3. The summed E-state index contributed by atoms with van der Waals surface area (Å²) in [5.74, 6) is 0.688. The number of carboxylic acid groups (broad SMARTS) is 1. The highest BCUT2D eigenvalue weighted by atomic mass is 16.6. The zero-order chi connectivity index (χ0) is 19.1. The van der Waals surface area contributed by atoms with E-state index in [0.717, 1.165) is 47.4 Å². The number of benzene rings is 1. The molecule has 1 N–H and O–H groups in total. The van der Waals surface area contributed by atoms with Crippen molar-refractivity contribution in [3.8, 4) is 0 Å². The summed E-state index contributed by atoms with van der Waals surface area (Å²) in [6.45, 7) is 6.63. The lowest BCUT2D eigenvalue weighted by Gasteiger charge is -2.42. The number of carbonyl (C=O) groups is 1. The Bertz CT molecular complexity index is 912. The van der Waals surface area contributed by atoms with Crippen LogP contribution in [0.5, 0.6) is 0 Å². The van der Waals surface area contributed by atoms with Gasteiger partial charge in [-0.3, -0.25) is 0 Å². The van der Waals surface area contributed by atoms with Crippen molar-refractivity contribution in [1.29, 1.82) is 0 Å². The SMILES string of the molecule is O=C(O)N1CCC=C(c2cc(N3CC(CN4CCCC4)C3)c3nonc3c2)C1. The molecule has 4 heterocycles. The van der Waals surface area contributed by atoms with Crippen molar-refractivity contribution in [3.05, 3.63) is 23.8 Å². The van der Waals surface area contributed by atoms with E-state index in [2.05, 4.69) is 32.3 Å². The molecule has 3 aliphatic rings. The average molecular weight is 383 g/mol. The molecule has 1 aromatic carbocycles. The molecule has 0 bridgehead atoms. The van der Waals surface area contributed by atoms with Crippen LogP contribution in [-0.4, -0.2) is 77.1 Å². The number of nitrogens with zero attached hydrogens (tertiary/aromatic N) is 5. The molecule has 1 aromatic heterocycles. The highest BCUT2D eigenvalue weighted by Crippen LogP contribution is 2.35. The maximum Gasteiger partial charge on any atom is 0.407 e. The number of fused-ring (bicyclic) bond motifs is 1. The van der Waals surface area contributed by atoms with Crippen LogP contribution in [0.4, 0.5) is 10.5 Å². The van der Waals surface area contributed by atoms with Crippen molar-refractivity contribution in [1.82, 2.24) is 20.1 Å². The number of hydrogen-bond donors (Lipinski definition) is 1. The van der Waals surface area contributed by atoms with E-state index in [-0.39, 0.29) is 0 Å². The molecule has 28 heavy (non-hydrogen) atoms. The van der Waals surface area contributed by atoms with Gasteiger partial charge in [-0.25, -0.2) is 9.42 Å². The Morgan fingerprint density at radius 3 is 2.79 bits per heavy atom. The summed E-state index contributed by atoms with van der Waals surface area (Å²) in [5.41, 5.74) is 4.58. The maximum absolute atomic E-state index is 11.4. The van der Waals surface area contributed by atoms with Gasteiger partial charge in [0.25, 0.3) is 0 Å². The van der Waals surface area contributed by atoms with Gasteiger partial charge in [0.05, 0.1) is 5.69 Å². The summed E-state index contributed by atoms with van der Waals surface area (Å²) >= 11 is 0. The van der Waals surface area contributed by atoms with Gasteiger partial charge in [-0.1, -0.05) is 6.08 Å². The van der Waals surface area contributed by atoms with Crippen LogP contribution in [0, 0.1) is 5.92 Å². The molecule has 2 aromatic rings. The Hall–Kier alpha value is -2.61. The molecule has 0 atom stereocenters. The summed E-state index contributed by atoms with van der Waals surface area (Å²) in [6, 6.07) is 4.07. The monoisotopic (exact) mass is 383 g/mol. The first-order valence-corrected chi connectivity index (χ1v) is 10.1. The van der Waals surface area contributed by atoms with Gasteiger partial charge < -0.3 is 19.8 Å². The van der Waals surface area contributed by atoms with Crippen molar-refractivity contribution in [2.24, 2.45) is 5.92 Å². The lowest BCUT2D eigenvalue weighted by atomic mass is 9.95. The van der Waals surface area contributed by atoms with Gasteiger partial charge >= 0.3 is 6.09 Å². The molecule has 8 nitrogen and oxygen atoms in total. The topological polar surface area (TPSA) is 85.9 Å². The molecule has 0 aliphatic carbocycles. The second kappa shape index (κ2) is 7.09. The Morgan fingerprint density at radius 1 is 1.18 bits per heavy atom. The highest BCUT2D eigenvalue weighted by Gasteiger charge is 2.31. The second-order valence-electron chi connectivity index (χ2n) is 8.13. The molecule has 3 aliphatic heterocycles. The fourth-order valence-corrected chi connectivity index (χ4v) is 4.63. The molecule has 148 valence electrons. The maximum atomic E-state index is 11.4. The van der Waals surface area contributed by atoms with E-state index in [1.165, 1.54) is 37.4 Å². The molecule has 0 unspecified atom stereocenters. The summed E-state index contributed by atoms with van der Waals surface area (Å²) in [7, 11) is 0. The van der Waals surface area contributed by atoms with Gasteiger partial charge in [-0.15, -0.1) is 0 Å². The van der Waals surface area contributed by atoms with Crippen LogP contribution in [0.15, 0.2) is 22.8 Å². The minimum Gasteiger partial charge on any atom is -0.465 e. The summed E-state index contributed by atoms with van der Waals surface area (Å²) in [5, 5.41) is 17.5. The van der Waals surface area contributed by atoms with Crippen LogP contribution in [0.25, 0.3) is 16.6 Å². The molecule has 2 saturated heterocycles. The minimum atomic E-state index is -0.873. The van der Waals surface area contributed by atoms with Crippen LogP contribution in [0.1, 0.15) is 24.8 Å². The predicted octanol–water partition coefficient (Wildman–Crippen LogP) is 2.52. The lowest BCUT2D eigenvalue weighted by molar-refractivity contribution is 0.150. The standard InChI is InChI=1S/C20H25N5O3/c26-20(27)24-7-3-4-15(13-24)16-8-17-19(22-28-21-17)18(9-16)25-11-14(12-25)10-23-5-1-2-6-23/h4,8-9,14H,1-3,5-7,10-13H2,(H,26,27). The van der Waals surface area contributed by atoms with Crippen LogP contribution in [0.3, 0.4) is 0 Å². The molecular weight excluding hydrogens is 358 g/mol. The number of hydrogen-bond acceptors (Lipinski definition) is 6. The highest BCUT2D eigenvalue weighted by molar-refractivity contribution is 5.92. The van der Waals surface area contributed by atoms with Crippen molar-refractivity contribution in [2.45, 2.75) is 19.3 Å². The zero-order valence-electron chi connectivity index (χ0n) is 15.9. The summed E-state index contributed by atoms with van der Waals surface area (Å²) < 4.78 is 5.00. The first kappa shape index (κ1) is 17.5. The van der Waals surface area contributed by atoms with Crippen LogP contribution in [-0.2, 0) is 0 Å². The number of anilines is 1. The Kier molecular flexibility index (Phi) is 4.43. The van der Waals surface area contributed by atoms with Crippen LogP contribution in [0.2, 0.25) is 0 Å². The number of rotatable bonds is 4. The largest absolute Gasteiger partial charge is 0.465 e. The van der Waals surface area contributed by atoms with Gasteiger partial charge in [-0.05, 0) is 65.9 Å². The van der Waals surface area contributed by atoms with Gasteiger partial charge in [-0.2, -0.15) is 0 Å². The first-order chi connectivity index (χ1) is 13.7. The Labute approximate surface area is 163 Å². The zero-order valence-corrected chi connectivity index (χ0v) is 15.9. The van der Waals surface area contributed by atoms with E-state index < -0.39 is 6.09 Å². The third-order valence-corrected chi connectivity index (χ3v) is 6.15. The summed E-state index contributed by atoms with van der Waals surface area (Å²) in [6.07, 6.45) is 4.64. The number of amides is 1. The molecule has 0 spiro atoms. The smallest absolute Gasteiger partial charge is 0.407 e. The second-order valence-corrected chi connectivity index (χ2v) is 8.13. The predicted molar refractivity (Wildman–Crippen MR) is 105 cm³/mol. The Balaban J connectivity index is 1.37. The fraction of sp³-hybridized carbons (Fsp3) is 0.550. The van der Waals surface area contributed by atoms with Gasteiger partial charge in [0, 0.05) is 38.6 Å². The van der Waals surface area contributed by atoms with Crippen LogP contribution >= 0.6 is 0 Å². The van der Waals surface area contributed by atoms with E-state index in [0.29, 0.717) is 19.0 Å². The van der Waals surface area contributed by atoms with E-state index in [9.17, 15) is 9.90 Å². The average Bonchev–Trinajstić information content (AvgIpc) is 3.35. The van der Waals surface area contributed by atoms with Crippen molar-refractivity contribution in [2.75, 3.05) is 50.7 Å². The molecule has 0 saturated carbocycles.